The lowest BCUT2D eigenvalue weighted by Crippen LogP contribution is -2.33. The molecule has 0 spiro atoms. The summed E-state index contributed by atoms with van der Waals surface area (Å²) in [5.74, 6) is -2.95. The Kier molecular flexibility index (Phi) is 7.93. The summed E-state index contributed by atoms with van der Waals surface area (Å²) in [6, 6.07) is 1.30. The second-order valence-electron chi connectivity index (χ2n) is 7.66. The Morgan fingerprint density at radius 3 is 2.38 bits per heavy atom. The van der Waals surface area contributed by atoms with Gasteiger partial charge in [-0.15, -0.1) is 0 Å². The number of ether oxygens (including phenoxy) is 1. The second-order valence-corrected chi connectivity index (χ2v) is 8.02. The fourth-order valence-corrected chi connectivity index (χ4v) is 3.23. The van der Waals surface area contributed by atoms with E-state index < -0.39 is 46.0 Å². The zero-order chi connectivity index (χ0) is 25.0. The summed E-state index contributed by atoms with van der Waals surface area (Å²) in [5, 5.41) is 5.59. The van der Waals surface area contributed by atoms with Gasteiger partial charge in [0.1, 0.15) is 34.4 Å². The fraction of sp³-hybridized carbons (Fsp3) is 0.381. The van der Waals surface area contributed by atoms with Gasteiger partial charge in [0, 0.05) is 31.1 Å². The second kappa shape index (κ2) is 10.5. The Labute approximate surface area is 197 Å². The molecule has 0 bridgehead atoms. The summed E-state index contributed by atoms with van der Waals surface area (Å²) >= 11 is 6.22. The molecule has 1 atom stereocenters. The molecular weight excluding hydrogens is 483 g/mol. The first kappa shape index (κ1) is 25.6. The van der Waals surface area contributed by atoms with Crippen molar-refractivity contribution in [3.63, 3.8) is 0 Å². The number of rotatable bonds is 9. The van der Waals surface area contributed by atoms with E-state index in [2.05, 4.69) is 20.4 Å². The molecule has 34 heavy (non-hydrogen) atoms. The predicted molar refractivity (Wildman–Crippen MR) is 117 cm³/mol. The Bertz CT molecular complexity index is 1100. The Balaban J connectivity index is 2.03. The number of nitrogens with one attached hydrogen (secondary N) is 1. The van der Waals surface area contributed by atoms with Gasteiger partial charge in [0.05, 0.1) is 17.7 Å². The highest BCUT2D eigenvalue weighted by molar-refractivity contribution is 6.32. The molecule has 0 aliphatic rings. The molecule has 1 unspecified atom stereocenters. The minimum absolute atomic E-state index is 0.0686. The van der Waals surface area contributed by atoms with Crippen molar-refractivity contribution in [3.8, 4) is 22.8 Å². The maximum Gasteiger partial charge on any atom is 0.408 e. The number of benzene rings is 1. The van der Waals surface area contributed by atoms with Gasteiger partial charge in [0.25, 0.3) is 5.95 Å². The van der Waals surface area contributed by atoms with Crippen LogP contribution in [0.25, 0.3) is 17.1 Å². The van der Waals surface area contributed by atoms with Gasteiger partial charge in [-0.05, 0) is 33.5 Å². The van der Waals surface area contributed by atoms with Crippen molar-refractivity contribution in [2.75, 3.05) is 32.6 Å². The van der Waals surface area contributed by atoms with Crippen molar-refractivity contribution >= 4 is 17.4 Å². The summed E-state index contributed by atoms with van der Waals surface area (Å²) in [5.41, 5.74) is -1.14. The highest BCUT2D eigenvalue weighted by Gasteiger charge is 2.37. The number of hydrogen-bond donors (Lipinski definition) is 1. The maximum absolute atomic E-state index is 15.0. The van der Waals surface area contributed by atoms with Crippen LogP contribution in [0.5, 0.6) is 5.75 Å². The van der Waals surface area contributed by atoms with E-state index in [1.165, 1.54) is 18.5 Å². The average Bonchev–Trinajstić information content (AvgIpc) is 3.26. The zero-order valence-electron chi connectivity index (χ0n) is 18.5. The van der Waals surface area contributed by atoms with Gasteiger partial charge >= 0.3 is 6.18 Å². The molecule has 0 aliphatic carbocycles. The van der Waals surface area contributed by atoms with Crippen molar-refractivity contribution < 1.29 is 26.7 Å². The van der Waals surface area contributed by atoms with Crippen LogP contribution in [-0.2, 0) is 0 Å². The highest BCUT2D eigenvalue weighted by atomic mass is 35.5. The molecular formula is C21H22ClF5N6O. The van der Waals surface area contributed by atoms with E-state index in [9.17, 15) is 13.2 Å². The van der Waals surface area contributed by atoms with Crippen LogP contribution in [0.3, 0.4) is 0 Å². The number of nitrogens with zero attached hydrogens (tertiary/aromatic N) is 5. The minimum Gasteiger partial charge on any atom is -0.493 e. The predicted octanol–water partition coefficient (Wildman–Crippen LogP) is 4.95. The topological polar surface area (TPSA) is 68.1 Å². The molecule has 0 radical (unpaired) electrons. The number of alkyl halides is 3. The third-order valence-corrected chi connectivity index (χ3v) is 4.96. The summed E-state index contributed by atoms with van der Waals surface area (Å²) in [6.45, 7) is 1.77. The summed E-state index contributed by atoms with van der Waals surface area (Å²) in [4.78, 5) is 9.91. The van der Waals surface area contributed by atoms with Gasteiger partial charge in [0.15, 0.2) is 0 Å². The van der Waals surface area contributed by atoms with E-state index in [4.69, 9.17) is 16.3 Å². The highest BCUT2D eigenvalue weighted by Crippen LogP contribution is 2.39. The fourth-order valence-electron chi connectivity index (χ4n) is 2.97. The number of hydrogen-bond acceptors (Lipinski definition) is 6. The molecule has 2 aromatic heterocycles. The van der Waals surface area contributed by atoms with E-state index in [1.54, 1.807) is 0 Å². The molecule has 13 heteroatoms. The monoisotopic (exact) mass is 504 g/mol. The van der Waals surface area contributed by atoms with Crippen LogP contribution < -0.4 is 10.1 Å². The Morgan fingerprint density at radius 1 is 1.15 bits per heavy atom. The van der Waals surface area contributed by atoms with Gasteiger partial charge in [-0.2, -0.15) is 28.2 Å². The summed E-state index contributed by atoms with van der Waals surface area (Å²) in [7, 11) is 3.76. The minimum atomic E-state index is -4.66. The van der Waals surface area contributed by atoms with Gasteiger partial charge in [-0.3, -0.25) is 0 Å². The molecule has 2 heterocycles. The molecule has 0 saturated carbocycles. The number of anilines is 1. The van der Waals surface area contributed by atoms with Crippen molar-refractivity contribution in [1.29, 1.82) is 0 Å². The third kappa shape index (κ3) is 6.11. The van der Waals surface area contributed by atoms with Gasteiger partial charge in [-0.1, -0.05) is 11.6 Å². The van der Waals surface area contributed by atoms with E-state index >= 15 is 8.78 Å². The van der Waals surface area contributed by atoms with Crippen LogP contribution in [-0.4, -0.2) is 64.1 Å². The normalized spacial score (nSPS) is 12.8. The molecule has 3 aromatic rings. The van der Waals surface area contributed by atoms with Crippen molar-refractivity contribution in [2.45, 2.75) is 25.6 Å². The molecule has 1 N–H and O–H groups in total. The SMILES string of the molecule is CC(Nc1nc(-n2cccn2)nc(Cl)c1-c1c(F)cc(OCCCN(C)C)cc1F)C(F)(F)F. The van der Waals surface area contributed by atoms with Crippen LogP contribution in [0.1, 0.15) is 13.3 Å². The quantitative estimate of drug-likeness (QED) is 0.252. The average molecular weight is 505 g/mol. The van der Waals surface area contributed by atoms with Crippen LogP contribution in [0.4, 0.5) is 27.8 Å². The van der Waals surface area contributed by atoms with Crippen molar-refractivity contribution in [1.82, 2.24) is 24.6 Å². The van der Waals surface area contributed by atoms with E-state index in [0.29, 0.717) is 13.0 Å². The first-order valence-electron chi connectivity index (χ1n) is 10.1. The molecule has 184 valence electrons. The Morgan fingerprint density at radius 2 is 1.82 bits per heavy atom. The van der Waals surface area contributed by atoms with Crippen molar-refractivity contribution in [3.05, 3.63) is 47.4 Å². The standard InChI is InChI=1S/C21H22ClF5N6O/c1-12(21(25,26)27)29-19-17(18(22)30-20(31-19)33-8-4-6-28-33)16-14(23)10-13(11-15(16)24)34-9-5-7-32(2)3/h4,6,8,10-12H,5,7,9H2,1-3H3,(H,29,30,31). The summed E-state index contributed by atoms with van der Waals surface area (Å²) in [6.07, 6.45) is -1.21. The number of aromatic nitrogens is 4. The molecule has 3 rings (SSSR count). The molecule has 0 fully saturated rings. The third-order valence-electron chi connectivity index (χ3n) is 4.69. The number of halogens is 6. The van der Waals surface area contributed by atoms with Crippen LogP contribution >= 0.6 is 11.6 Å². The van der Waals surface area contributed by atoms with Crippen LogP contribution in [0, 0.1) is 11.6 Å². The first-order valence-corrected chi connectivity index (χ1v) is 10.5. The van der Waals surface area contributed by atoms with Crippen LogP contribution in [0.15, 0.2) is 30.6 Å². The molecule has 0 amide bonds. The van der Waals surface area contributed by atoms with Crippen LogP contribution in [0.2, 0.25) is 5.15 Å². The Hall–Kier alpha value is -2.99. The van der Waals surface area contributed by atoms with E-state index in [-0.39, 0.29) is 18.3 Å². The van der Waals surface area contributed by atoms with Gasteiger partial charge < -0.3 is 15.0 Å². The first-order chi connectivity index (χ1) is 16.0. The smallest absolute Gasteiger partial charge is 0.408 e. The summed E-state index contributed by atoms with van der Waals surface area (Å²) < 4.78 is 76.3. The molecule has 1 aromatic carbocycles. The lowest BCUT2D eigenvalue weighted by molar-refractivity contribution is -0.138. The molecule has 7 nitrogen and oxygen atoms in total. The molecule has 0 saturated heterocycles. The van der Waals surface area contributed by atoms with Crippen molar-refractivity contribution in [2.24, 2.45) is 0 Å². The zero-order valence-corrected chi connectivity index (χ0v) is 19.3. The van der Waals surface area contributed by atoms with E-state index in [1.807, 2.05) is 19.0 Å². The van der Waals surface area contributed by atoms with Gasteiger partial charge in [0.2, 0.25) is 0 Å². The lowest BCUT2D eigenvalue weighted by Gasteiger charge is -2.21. The van der Waals surface area contributed by atoms with E-state index in [0.717, 1.165) is 23.7 Å². The lowest BCUT2D eigenvalue weighted by atomic mass is 10.1. The largest absolute Gasteiger partial charge is 0.493 e. The molecule has 0 aliphatic heterocycles. The van der Waals surface area contributed by atoms with Gasteiger partial charge in [-0.25, -0.2) is 13.5 Å². The maximum atomic E-state index is 15.0.